The predicted octanol–water partition coefficient (Wildman–Crippen LogP) is 0.552. The Morgan fingerprint density at radius 3 is 3.00 bits per heavy atom. The van der Waals surface area contributed by atoms with E-state index in [0.717, 1.165) is 5.03 Å². The fourth-order valence-corrected chi connectivity index (χ4v) is 1.58. The number of hydrogen-bond donors (Lipinski definition) is 2. The van der Waals surface area contributed by atoms with Gasteiger partial charge in [0, 0.05) is 6.20 Å². The average molecular weight is 197 g/mol. The Morgan fingerprint density at radius 2 is 2.46 bits per heavy atom. The Bertz CT molecular complexity index is 278. The van der Waals surface area contributed by atoms with Crippen molar-refractivity contribution in [3.05, 3.63) is 24.4 Å². The van der Waals surface area contributed by atoms with Crippen LogP contribution in [-0.4, -0.2) is 16.1 Å². The molecule has 1 heterocycles. The number of hydrazine groups is 1. The number of carbonyl (C=O) groups is 1. The van der Waals surface area contributed by atoms with Crippen LogP contribution in [0.4, 0.5) is 0 Å². The molecule has 0 aromatic carbocycles. The number of thioether (sulfide) groups is 1. The fourth-order valence-electron chi connectivity index (χ4n) is 0.769. The van der Waals surface area contributed by atoms with Gasteiger partial charge in [0.15, 0.2) is 0 Å². The molecule has 1 amide bonds. The molecule has 70 valence electrons. The SMILES string of the molecule is C[C@@H](Sc1ccccn1)C(=O)NN. The minimum absolute atomic E-state index is 0.198. The number of rotatable bonds is 3. The number of pyridine rings is 1. The Hall–Kier alpha value is -1.07. The van der Waals surface area contributed by atoms with Crippen LogP contribution in [0.15, 0.2) is 29.4 Å². The summed E-state index contributed by atoms with van der Waals surface area (Å²) in [5.74, 6) is 4.79. The highest BCUT2D eigenvalue weighted by molar-refractivity contribution is 8.00. The third-order valence-electron chi connectivity index (χ3n) is 1.45. The van der Waals surface area contributed by atoms with Crippen molar-refractivity contribution in [2.45, 2.75) is 17.2 Å². The van der Waals surface area contributed by atoms with Crippen LogP contribution in [0.25, 0.3) is 0 Å². The molecular formula is C8H11N3OS. The average Bonchev–Trinajstić information content (AvgIpc) is 2.18. The molecule has 3 N–H and O–H groups in total. The lowest BCUT2D eigenvalue weighted by molar-refractivity contribution is -0.120. The standard InChI is InChI=1S/C8H11N3OS/c1-6(8(12)11-9)13-7-4-2-3-5-10-7/h2-6H,9H2,1H3,(H,11,12)/t6-/m1/s1. The third kappa shape index (κ3) is 3.04. The molecule has 0 aliphatic carbocycles. The lowest BCUT2D eigenvalue weighted by Crippen LogP contribution is -2.36. The number of aromatic nitrogens is 1. The maximum atomic E-state index is 11.0. The second-order valence-corrected chi connectivity index (χ2v) is 3.80. The van der Waals surface area contributed by atoms with E-state index in [1.165, 1.54) is 11.8 Å². The van der Waals surface area contributed by atoms with Gasteiger partial charge in [0.25, 0.3) is 0 Å². The zero-order valence-corrected chi connectivity index (χ0v) is 8.04. The molecule has 0 radical (unpaired) electrons. The van der Waals surface area contributed by atoms with Crippen molar-refractivity contribution in [3.63, 3.8) is 0 Å². The number of nitrogens with one attached hydrogen (secondary N) is 1. The highest BCUT2D eigenvalue weighted by Gasteiger charge is 2.12. The Balaban J connectivity index is 2.55. The summed E-state index contributed by atoms with van der Waals surface area (Å²) in [6, 6.07) is 5.56. The zero-order valence-electron chi connectivity index (χ0n) is 7.23. The summed E-state index contributed by atoms with van der Waals surface area (Å²) in [7, 11) is 0. The maximum absolute atomic E-state index is 11.0. The van der Waals surface area contributed by atoms with E-state index in [2.05, 4.69) is 10.4 Å². The van der Waals surface area contributed by atoms with Gasteiger partial charge in [-0.2, -0.15) is 0 Å². The molecule has 13 heavy (non-hydrogen) atoms. The molecule has 0 aliphatic heterocycles. The first-order valence-electron chi connectivity index (χ1n) is 3.82. The molecule has 0 saturated carbocycles. The second-order valence-electron chi connectivity index (χ2n) is 2.44. The maximum Gasteiger partial charge on any atom is 0.247 e. The van der Waals surface area contributed by atoms with Gasteiger partial charge >= 0.3 is 0 Å². The van der Waals surface area contributed by atoms with E-state index in [1.807, 2.05) is 18.2 Å². The van der Waals surface area contributed by atoms with Gasteiger partial charge in [0.2, 0.25) is 5.91 Å². The molecule has 0 fully saturated rings. The van der Waals surface area contributed by atoms with Crippen LogP contribution in [0.2, 0.25) is 0 Å². The van der Waals surface area contributed by atoms with E-state index in [-0.39, 0.29) is 11.2 Å². The monoisotopic (exact) mass is 197 g/mol. The molecule has 1 atom stereocenters. The lowest BCUT2D eigenvalue weighted by atomic mass is 10.5. The molecule has 5 heteroatoms. The van der Waals surface area contributed by atoms with Gasteiger partial charge in [0.1, 0.15) is 0 Å². The normalized spacial score (nSPS) is 12.2. The van der Waals surface area contributed by atoms with Crippen molar-refractivity contribution >= 4 is 17.7 Å². The van der Waals surface area contributed by atoms with Crippen molar-refractivity contribution in [1.82, 2.24) is 10.4 Å². The topological polar surface area (TPSA) is 68.0 Å². The lowest BCUT2D eigenvalue weighted by Gasteiger charge is -2.07. The predicted molar refractivity (Wildman–Crippen MR) is 51.9 cm³/mol. The highest BCUT2D eigenvalue weighted by Crippen LogP contribution is 2.19. The first-order valence-corrected chi connectivity index (χ1v) is 4.70. The second kappa shape index (κ2) is 4.84. The quantitative estimate of drug-likeness (QED) is 0.321. The van der Waals surface area contributed by atoms with Gasteiger partial charge in [-0.25, -0.2) is 10.8 Å². The van der Waals surface area contributed by atoms with Crippen LogP contribution in [0.5, 0.6) is 0 Å². The largest absolute Gasteiger partial charge is 0.293 e. The van der Waals surface area contributed by atoms with Crippen molar-refractivity contribution in [1.29, 1.82) is 0 Å². The van der Waals surface area contributed by atoms with Crippen LogP contribution in [0, 0.1) is 0 Å². The fraction of sp³-hybridized carbons (Fsp3) is 0.250. The molecule has 4 nitrogen and oxygen atoms in total. The van der Waals surface area contributed by atoms with E-state index < -0.39 is 0 Å². The summed E-state index contributed by atoms with van der Waals surface area (Å²) in [4.78, 5) is 15.1. The van der Waals surface area contributed by atoms with Crippen LogP contribution >= 0.6 is 11.8 Å². The van der Waals surface area contributed by atoms with Crippen LogP contribution in [-0.2, 0) is 4.79 Å². The summed E-state index contributed by atoms with van der Waals surface area (Å²) >= 11 is 1.37. The van der Waals surface area contributed by atoms with Crippen LogP contribution in [0.3, 0.4) is 0 Å². The Kier molecular flexibility index (Phi) is 3.72. The van der Waals surface area contributed by atoms with Gasteiger partial charge in [-0.1, -0.05) is 17.8 Å². The molecule has 0 spiro atoms. The number of nitrogens with two attached hydrogens (primary N) is 1. The first kappa shape index (κ1) is 10.0. The molecule has 0 unspecified atom stereocenters. The van der Waals surface area contributed by atoms with Crippen molar-refractivity contribution < 1.29 is 4.79 Å². The van der Waals surface area contributed by atoms with E-state index in [4.69, 9.17) is 5.84 Å². The summed E-state index contributed by atoms with van der Waals surface area (Å²) in [6.45, 7) is 1.78. The van der Waals surface area contributed by atoms with E-state index in [1.54, 1.807) is 13.1 Å². The van der Waals surface area contributed by atoms with Crippen LogP contribution < -0.4 is 11.3 Å². The van der Waals surface area contributed by atoms with E-state index >= 15 is 0 Å². The molecule has 1 rings (SSSR count). The van der Waals surface area contributed by atoms with Gasteiger partial charge in [-0.05, 0) is 19.1 Å². The minimum atomic E-state index is -0.222. The van der Waals surface area contributed by atoms with Gasteiger partial charge in [0.05, 0.1) is 10.3 Å². The minimum Gasteiger partial charge on any atom is -0.293 e. The van der Waals surface area contributed by atoms with Crippen molar-refractivity contribution in [2.24, 2.45) is 5.84 Å². The Labute approximate surface area is 80.9 Å². The summed E-state index contributed by atoms with van der Waals surface area (Å²) < 4.78 is 0. The Morgan fingerprint density at radius 1 is 1.69 bits per heavy atom. The molecule has 0 saturated heterocycles. The molecular weight excluding hydrogens is 186 g/mol. The van der Waals surface area contributed by atoms with Gasteiger partial charge in [-0.15, -0.1) is 0 Å². The summed E-state index contributed by atoms with van der Waals surface area (Å²) in [5.41, 5.74) is 2.10. The highest BCUT2D eigenvalue weighted by atomic mass is 32.2. The van der Waals surface area contributed by atoms with Crippen LogP contribution in [0.1, 0.15) is 6.92 Å². The molecule has 0 aliphatic rings. The number of nitrogens with zero attached hydrogens (tertiary/aromatic N) is 1. The first-order chi connectivity index (χ1) is 6.24. The smallest absolute Gasteiger partial charge is 0.247 e. The summed E-state index contributed by atoms with van der Waals surface area (Å²) in [6.07, 6.45) is 1.69. The molecule has 1 aromatic rings. The molecule has 1 aromatic heterocycles. The van der Waals surface area contributed by atoms with Gasteiger partial charge in [-0.3, -0.25) is 10.2 Å². The van der Waals surface area contributed by atoms with E-state index in [0.29, 0.717) is 0 Å². The van der Waals surface area contributed by atoms with Crippen molar-refractivity contribution in [3.8, 4) is 0 Å². The van der Waals surface area contributed by atoms with E-state index in [9.17, 15) is 4.79 Å². The number of carbonyl (C=O) groups excluding carboxylic acids is 1. The van der Waals surface area contributed by atoms with Gasteiger partial charge < -0.3 is 0 Å². The summed E-state index contributed by atoms with van der Waals surface area (Å²) in [5, 5.41) is 0.596. The molecule has 0 bridgehead atoms. The number of hydrogen-bond acceptors (Lipinski definition) is 4. The number of amides is 1. The van der Waals surface area contributed by atoms with Crippen molar-refractivity contribution in [2.75, 3.05) is 0 Å². The zero-order chi connectivity index (χ0) is 9.68. The third-order valence-corrected chi connectivity index (χ3v) is 2.50.